The van der Waals surface area contributed by atoms with Crippen molar-refractivity contribution in [2.24, 2.45) is 52.3 Å². The third-order valence-corrected chi connectivity index (χ3v) is 28.2. The molecular weight excluding hydrogens is 1290 g/mol. The second-order valence-corrected chi connectivity index (χ2v) is 36.9. The zero-order valence-electron chi connectivity index (χ0n) is 56.8. The minimum absolute atomic E-state index is 0.0620. The van der Waals surface area contributed by atoms with Gasteiger partial charge < -0.3 is 21.1 Å². The number of hydrogen-bond donors (Lipinski definition) is 4. The maximum absolute atomic E-state index is 16.0. The molecule has 3 aliphatic carbocycles. The van der Waals surface area contributed by atoms with Gasteiger partial charge in [0.15, 0.2) is 11.3 Å². The molecule has 17 rings (SSSR count). The van der Waals surface area contributed by atoms with Crippen molar-refractivity contribution in [2.75, 3.05) is 68.3 Å². The first kappa shape index (κ1) is 63.7. The summed E-state index contributed by atoms with van der Waals surface area (Å²) in [4.78, 5) is 24.8. The molecule has 6 heterocycles. The van der Waals surface area contributed by atoms with Crippen LogP contribution in [0.5, 0.6) is 0 Å². The highest BCUT2D eigenvalue weighted by atomic mass is 32.2. The average molecular weight is 1370 g/mol. The fourth-order valence-electron chi connectivity index (χ4n) is 19.1. The summed E-state index contributed by atoms with van der Waals surface area (Å²) in [5.74, 6) is 1.43. The molecule has 0 bridgehead atoms. The molecule has 9 aliphatic rings. The minimum atomic E-state index is -4.05. The van der Waals surface area contributed by atoms with Crippen molar-refractivity contribution in [3.05, 3.63) is 183 Å². The van der Waals surface area contributed by atoms with Crippen LogP contribution in [0.15, 0.2) is 159 Å². The van der Waals surface area contributed by atoms with E-state index in [4.69, 9.17) is 4.99 Å². The van der Waals surface area contributed by atoms with E-state index in [0.717, 1.165) is 83.0 Å². The molecule has 0 amide bonds. The summed E-state index contributed by atoms with van der Waals surface area (Å²) in [5, 5.41) is 28.8. The number of piperidine rings is 4. The van der Waals surface area contributed by atoms with Gasteiger partial charge in [-0.1, -0.05) is 134 Å². The van der Waals surface area contributed by atoms with E-state index in [1.54, 1.807) is 43.2 Å². The van der Waals surface area contributed by atoms with E-state index in [9.17, 15) is 5.11 Å². The molecule has 9 atom stereocenters. The zero-order valence-corrected chi connectivity index (χ0v) is 59.2. The number of anilines is 3. The summed E-state index contributed by atoms with van der Waals surface area (Å²) in [6, 6.07) is 41.8. The number of hydrogen-bond acceptors (Lipinski definition) is 13. The number of aliphatic hydroxyl groups excluding tert-OH is 1. The fourth-order valence-corrected chi connectivity index (χ4v) is 24.2. The predicted molar refractivity (Wildman–Crippen MR) is 386 cm³/mol. The Morgan fingerprint density at radius 2 is 0.867 bits per heavy atom. The lowest BCUT2D eigenvalue weighted by molar-refractivity contribution is -0.109. The van der Waals surface area contributed by atoms with E-state index < -0.39 is 47.2 Å². The van der Waals surface area contributed by atoms with E-state index in [-0.39, 0.29) is 67.1 Å². The van der Waals surface area contributed by atoms with Crippen LogP contribution in [0.25, 0.3) is 54.9 Å². The molecular formula is C79H84N8O8S3. The fraction of sp³-hybridized carbons (Fsp3) is 0.392. The Labute approximate surface area is 574 Å². The van der Waals surface area contributed by atoms with Gasteiger partial charge in [0.2, 0.25) is 35.9 Å². The van der Waals surface area contributed by atoms with Gasteiger partial charge in [0.1, 0.15) is 5.76 Å². The number of sulfonamides is 3. The predicted octanol–water partition coefficient (Wildman–Crippen LogP) is 12.8. The third-order valence-electron chi connectivity index (χ3n) is 22.8. The standard InChI is InChI=1S/C79H84N8O8S3/c1-44-27-45(2)36-84(35-44)43-52-15-21-58-59-24-18-55(96(90,91)85-37-46(3)28-47(4)38-85)32-65(59)78(64(58)31-52)80-68-13-9-11-53-16-22-62(74(82-78)70(53)68)72-76(88)73(77(72)89)63-23-17-54-12-10-14-69-71(54)75(63)83-79(81-69)66-33-56(97(92,93)86-39-48(5)29-49(6)40-86)19-25-60(66)61-26-20-57(34-67(61)79)98(94,95)87-41-50(7)30-51(8)42-87/h9-26,31-34,44-51,80-81,83,88H,27-30,35-43H2,1-8H3. The minimum Gasteiger partial charge on any atom is -0.506 e. The molecule has 8 aromatic carbocycles. The summed E-state index contributed by atoms with van der Waals surface area (Å²) < 4.78 is 95.0. The van der Waals surface area contributed by atoms with Gasteiger partial charge in [0.05, 0.1) is 36.9 Å². The number of carbonyl (C=O) groups excluding carboxylic acids is 1. The van der Waals surface area contributed by atoms with Gasteiger partial charge in [-0.15, -0.1) is 0 Å². The molecule has 4 fully saturated rings. The highest BCUT2D eigenvalue weighted by Crippen LogP contribution is 2.58. The molecule has 0 aromatic heterocycles. The Morgan fingerprint density at radius 1 is 0.449 bits per heavy atom. The van der Waals surface area contributed by atoms with Gasteiger partial charge >= 0.3 is 0 Å². The van der Waals surface area contributed by atoms with Gasteiger partial charge in [-0.2, -0.15) is 12.9 Å². The first-order chi connectivity index (χ1) is 46.8. The Hall–Kier alpha value is -7.75. The van der Waals surface area contributed by atoms with Crippen molar-refractivity contribution in [3.63, 3.8) is 0 Å². The lowest BCUT2D eigenvalue weighted by atomic mass is 9.79. The Balaban J connectivity index is 0.848. The van der Waals surface area contributed by atoms with Crippen LogP contribution in [-0.4, -0.2) is 106 Å². The summed E-state index contributed by atoms with van der Waals surface area (Å²) in [5.41, 5.74) is 6.38. The number of carbonyl (C=O) groups is 1. The first-order valence-corrected chi connectivity index (χ1v) is 39.5. The Morgan fingerprint density at radius 3 is 1.37 bits per heavy atom. The van der Waals surface area contributed by atoms with E-state index in [2.05, 4.69) is 94.4 Å². The lowest BCUT2D eigenvalue weighted by Gasteiger charge is -2.42. The van der Waals surface area contributed by atoms with Crippen molar-refractivity contribution in [2.45, 2.75) is 114 Å². The Kier molecular flexibility index (Phi) is 14.7. The lowest BCUT2D eigenvalue weighted by Crippen LogP contribution is -2.46. The number of nitrogens with one attached hydrogen (secondary N) is 3. The van der Waals surface area contributed by atoms with Gasteiger partial charge in [-0.3, -0.25) is 9.69 Å². The summed E-state index contributed by atoms with van der Waals surface area (Å²) >= 11 is 0. The number of benzene rings is 8. The van der Waals surface area contributed by atoms with Crippen molar-refractivity contribution >= 4 is 85.6 Å². The maximum atomic E-state index is 16.0. The molecule has 98 heavy (non-hydrogen) atoms. The molecule has 2 spiro atoms. The van der Waals surface area contributed by atoms with Crippen LogP contribution in [0.2, 0.25) is 0 Å². The van der Waals surface area contributed by atoms with Crippen LogP contribution < -0.4 is 26.5 Å². The van der Waals surface area contributed by atoms with Crippen LogP contribution in [0.3, 0.4) is 0 Å². The van der Waals surface area contributed by atoms with Crippen LogP contribution in [-0.2, 0) is 52.7 Å². The molecule has 0 saturated carbocycles. The molecule has 4 N–H and O–H groups in total. The molecule has 8 aromatic rings. The third kappa shape index (κ3) is 9.77. The van der Waals surface area contributed by atoms with Gasteiger partial charge in [0.25, 0.3) is 0 Å². The molecule has 6 aliphatic heterocycles. The van der Waals surface area contributed by atoms with Crippen LogP contribution >= 0.6 is 0 Å². The molecule has 4 saturated heterocycles. The molecule has 16 nitrogen and oxygen atoms in total. The SMILES string of the molecule is CC1CC(C)CN(Cc2ccc3c(c2)C2(N=c4c(=C5C(=O)C(c6ccc7cccc8c7c6NC6(N8)c7cc(S(=O)(=O)N8CC(C)CC(C)C8)ccc7-c7ccc(S(=O)(=O)N8CC(C)CC(C)C8)cc76)=C5O)ccc5cccc(c45)N2)c2cc(S(=O)(=O)N4CC(C)CC(C)C4)ccc2-3)C1. The summed E-state index contributed by atoms with van der Waals surface area (Å²) in [6.45, 7) is 22.2. The molecule has 0 radical (unpaired) electrons. The summed E-state index contributed by atoms with van der Waals surface area (Å²) in [6.07, 6.45) is 3.96. The second kappa shape index (κ2) is 22.6. The number of ketones is 1. The zero-order chi connectivity index (χ0) is 68.0. The number of aliphatic hydroxyl groups is 1. The monoisotopic (exact) mass is 1370 g/mol. The number of fused-ring (bicyclic) bond motifs is 10. The van der Waals surface area contributed by atoms with Crippen molar-refractivity contribution in [3.8, 4) is 22.3 Å². The van der Waals surface area contributed by atoms with Gasteiger partial charge in [-0.05, 0) is 166 Å². The smallest absolute Gasteiger partial charge is 0.243 e. The van der Waals surface area contributed by atoms with Gasteiger partial charge in [0, 0.05) is 114 Å². The Bertz CT molecular complexity index is 5200. The number of allylic oxidation sites excluding steroid dienone is 2. The second-order valence-electron chi connectivity index (χ2n) is 31.1. The van der Waals surface area contributed by atoms with Crippen LogP contribution in [0.1, 0.15) is 114 Å². The molecule has 19 heteroatoms. The number of nitrogens with zero attached hydrogens (tertiary/aromatic N) is 5. The molecule has 9 unspecified atom stereocenters. The first-order valence-electron chi connectivity index (χ1n) is 35.1. The van der Waals surface area contributed by atoms with E-state index >= 15 is 30.0 Å². The highest BCUT2D eigenvalue weighted by Gasteiger charge is 2.52. The summed E-state index contributed by atoms with van der Waals surface area (Å²) in [7, 11) is -12.1. The largest absolute Gasteiger partial charge is 0.506 e. The van der Waals surface area contributed by atoms with E-state index in [0.29, 0.717) is 112 Å². The van der Waals surface area contributed by atoms with Crippen LogP contribution in [0.4, 0.5) is 17.1 Å². The van der Waals surface area contributed by atoms with E-state index in [1.165, 1.54) is 6.42 Å². The maximum Gasteiger partial charge on any atom is 0.243 e. The number of Topliss-reactive ketones (excluding diaryl/α,β-unsaturated/α-hetero) is 1. The quantitative estimate of drug-likeness (QED) is 0.107. The van der Waals surface area contributed by atoms with E-state index in [1.807, 2.05) is 84.9 Å². The van der Waals surface area contributed by atoms with Crippen molar-refractivity contribution in [1.82, 2.24) is 17.8 Å². The van der Waals surface area contributed by atoms with Gasteiger partial charge in [-0.25, -0.2) is 30.2 Å². The molecule has 506 valence electrons. The van der Waals surface area contributed by atoms with Crippen LogP contribution in [0, 0.1) is 47.3 Å². The average Bonchev–Trinajstić information content (AvgIpc) is 1.33. The normalized spacial score (nSPS) is 28.4. The topological polar surface area (TPSA) is 201 Å². The highest BCUT2D eigenvalue weighted by molar-refractivity contribution is 7.89. The number of rotatable bonds is 9. The van der Waals surface area contributed by atoms with Crippen molar-refractivity contribution in [1.29, 1.82) is 0 Å². The van der Waals surface area contributed by atoms with Crippen molar-refractivity contribution < 1.29 is 35.2 Å². The number of likely N-dealkylation sites (tertiary alicyclic amines) is 1.